The SMILES string of the molecule is CC(C)OC(=O)Nc1cc(-c2cncnc2)nn1C(F)F. The van der Waals surface area contributed by atoms with E-state index in [4.69, 9.17) is 4.74 Å². The summed E-state index contributed by atoms with van der Waals surface area (Å²) in [6.07, 6.45) is 2.98. The molecule has 2 rings (SSSR count). The van der Waals surface area contributed by atoms with Gasteiger partial charge >= 0.3 is 12.6 Å². The van der Waals surface area contributed by atoms with Gasteiger partial charge in [0.15, 0.2) is 0 Å². The van der Waals surface area contributed by atoms with E-state index in [-0.39, 0.29) is 17.6 Å². The molecule has 0 aliphatic carbocycles. The third-order valence-electron chi connectivity index (χ3n) is 2.35. The van der Waals surface area contributed by atoms with E-state index in [0.717, 1.165) is 0 Å². The van der Waals surface area contributed by atoms with Crippen molar-refractivity contribution in [1.29, 1.82) is 0 Å². The number of carbonyl (C=O) groups is 1. The lowest BCUT2D eigenvalue weighted by atomic mass is 10.2. The smallest absolute Gasteiger partial charge is 0.413 e. The molecule has 0 fully saturated rings. The van der Waals surface area contributed by atoms with E-state index in [2.05, 4.69) is 20.4 Å². The van der Waals surface area contributed by atoms with Gasteiger partial charge in [-0.2, -0.15) is 18.6 Å². The first-order chi connectivity index (χ1) is 9.97. The first-order valence-corrected chi connectivity index (χ1v) is 6.08. The minimum Gasteiger partial charge on any atom is -0.447 e. The predicted octanol–water partition coefficient (Wildman–Crippen LogP) is 2.69. The van der Waals surface area contributed by atoms with Gasteiger partial charge in [0.2, 0.25) is 0 Å². The molecular formula is C12H13F2N5O2. The highest BCUT2D eigenvalue weighted by atomic mass is 19.3. The molecular weight excluding hydrogens is 284 g/mol. The molecule has 9 heteroatoms. The molecule has 0 unspecified atom stereocenters. The zero-order valence-corrected chi connectivity index (χ0v) is 11.3. The van der Waals surface area contributed by atoms with Crippen molar-refractivity contribution in [2.75, 3.05) is 5.32 Å². The van der Waals surface area contributed by atoms with E-state index in [9.17, 15) is 13.6 Å². The second-order valence-corrected chi connectivity index (χ2v) is 4.34. The summed E-state index contributed by atoms with van der Waals surface area (Å²) in [6.45, 7) is 0.394. The fourth-order valence-corrected chi connectivity index (χ4v) is 1.56. The summed E-state index contributed by atoms with van der Waals surface area (Å²) in [6, 6.07) is 1.30. The van der Waals surface area contributed by atoms with Crippen molar-refractivity contribution in [3.8, 4) is 11.3 Å². The summed E-state index contributed by atoms with van der Waals surface area (Å²) in [4.78, 5) is 19.1. The number of aromatic nitrogens is 4. The predicted molar refractivity (Wildman–Crippen MR) is 69.7 cm³/mol. The molecule has 0 aromatic carbocycles. The largest absolute Gasteiger partial charge is 0.447 e. The maximum atomic E-state index is 12.9. The normalized spacial score (nSPS) is 11.0. The highest BCUT2D eigenvalue weighted by molar-refractivity contribution is 5.84. The Hall–Kier alpha value is -2.58. The van der Waals surface area contributed by atoms with E-state index >= 15 is 0 Å². The molecule has 0 atom stereocenters. The summed E-state index contributed by atoms with van der Waals surface area (Å²) in [5.41, 5.74) is 0.674. The molecule has 0 bridgehead atoms. The van der Waals surface area contributed by atoms with Gasteiger partial charge in [-0.25, -0.2) is 14.8 Å². The Morgan fingerprint density at radius 1 is 1.33 bits per heavy atom. The maximum Gasteiger partial charge on any atom is 0.413 e. The van der Waals surface area contributed by atoms with Crippen molar-refractivity contribution in [3.05, 3.63) is 24.8 Å². The maximum absolute atomic E-state index is 12.9. The third-order valence-corrected chi connectivity index (χ3v) is 2.35. The molecule has 0 aliphatic heterocycles. The van der Waals surface area contributed by atoms with Gasteiger partial charge in [-0.1, -0.05) is 0 Å². The summed E-state index contributed by atoms with van der Waals surface area (Å²) in [7, 11) is 0. The highest BCUT2D eigenvalue weighted by Gasteiger charge is 2.19. The van der Waals surface area contributed by atoms with Crippen molar-refractivity contribution in [1.82, 2.24) is 19.7 Å². The number of rotatable bonds is 4. The van der Waals surface area contributed by atoms with Crippen molar-refractivity contribution >= 4 is 11.9 Å². The number of halogens is 2. The standard InChI is InChI=1S/C12H13F2N5O2/c1-7(2)21-12(20)17-10-3-9(18-19(10)11(13)14)8-4-15-6-16-5-8/h3-7,11H,1-2H3,(H,17,20). The summed E-state index contributed by atoms with van der Waals surface area (Å²) in [5, 5.41) is 5.96. The zero-order valence-electron chi connectivity index (χ0n) is 11.3. The molecule has 112 valence electrons. The van der Waals surface area contributed by atoms with Gasteiger partial charge in [0.25, 0.3) is 0 Å². The van der Waals surface area contributed by atoms with Gasteiger partial charge in [-0.3, -0.25) is 5.32 Å². The average molecular weight is 297 g/mol. The average Bonchev–Trinajstić information content (AvgIpc) is 2.82. The number of carbonyl (C=O) groups excluding carboxylic acids is 1. The van der Waals surface area contributed by atoms with Crippen LogP contribution in [0.25, 0.3) is 11.3 Å². The second-order valence-electron chi connectivity index (χ2n) is 4.34. The van der Waals surface area contributed by atoms with Crippen LogP contribution in [-0.4, -0.2) is 31.9 Å². The second kappa shape index (κ2) is 6.25. The molecule has 0 spiro atoms. The Kier molecular flexibility index (Phi) is 4.41. The number of hydrogen-bond donors (Lipinski definition) is 1. The van der Waals surface area contributed by atoms with Crippen molar-refractivity contribution < 1.29 is 18.3 Å². The molecule has 1 amide bonds. The lowest BCUT2D eigenvalue weighted by Crippen LogP contribution is -2.20. The fourth-order valence-electron chi connectivity index (χ4n) is 1.56. The number of alkyl halides is 2. The van der Waals surface area contributed by atoms with E-state index in [1.807, 2.05) is 0 Å². The Labute approximate surface area is 119 Å². The van der Waals surface area contributed by atoms with Crippen LogP contribution in [0.3, 0.4) is 0 Å². The van der Waals surface area contributed by atoms with Crippen LogP contribution in [0.1, 0.15) is 20.4 Å². The molecule has 2 aromatic rings. The first-order valence-electron chi connectivity index (χ1n) is 6.08. The van der Waals surface area contributed by atoms with E-state index in [0.29, 0.717) is 10.2 Å². The Balaban J connectivity index is 2.28. The molecule has 2 heterocycles. The van der Waals surface area contributed by atoms with Crippen LogP contribution in [0.5, 0.6) is 0 Å². The number of anilines is 1. The Morgan fingerprint density at radius 3 is 2.57 bits per heavy atom. The lowest BCUT2D eigenvalue weighted by Gasteiger charge is -2.10. The van der Waals surface area contributed by atoms with Crippen LogP contribution in [0.15, 0.2) is 24.8 Å². The van der Waals surface area contributed by atoms with Crippen LogP contribution in [0, 0.1) is 0 Å². The topological polar surface area (TPSA) is 81.9 Å². The Morgan fingerprint density at radius 2 is 2.00 bits per heavy atom. The van der Waals surface area contributed by atoms with Gasteiger partial charge < -0.3 is 4.74 Å². The van der Waals surface area contributed by atoms with Crippen molar-refractivity contribution in [3.63, 3.8) is 0 Å². The zero-order chi connectivity index (χ0) is 15.4. The minimum absolute atomic E-state index is 0.172. The van der Waals surface area contributed by atoms with E-state index in [1.165, 1.54) is 24.8 Å². The number of hydrogen-bond acceptors (Lipinski definition) is 5. The minimum atomic E-state index is -2.90. The van der Waals surface area contributed by atoms with Crippen LogP contribution in [0.2, 0.25) is 0 Å². The number of nitrogens with one attached hydrogen (secondary N) is 1. The van der Waals surface area contributed by atoms with Gasteiger partial charge in [0.05, 0.1) is 11.8 Å². The van der Waals surface area contributed by atoms with E-state index in [1.54, 1.807) is 13.8 Å². The van der Waals surface area contributed by atoms with Crippen molar-refractivity contribution in [2.45, 2.75) is 26.5 Å². The molecule has 21 heavy (non-hydrogen) atoms. The molecule has 0 saturated carbocycles. The monoisotopic (exact) mass is 297 g/mol. The first kappa shape index (κ1) is 14.8. The highest BCUT2D eigenvalue weighted by Crippen LogP contribution is 2.25. The van der Waals surface area contributed by atoms with E-state index < -0.39 is 12.6 Å². The van der Waals surface area contributed by atoms with Gasteiger partial charge in [0, 0.05) is 24.0 Å². The van der Waals surface area contributed by atoms with Crippen LogP contribution < -0.4 is 5.32 Å². The molecule has 0 radical (unpaired) electrons. The number of ether oxygens (including phenoxy) is 1. The summed E-state index contributed by atoms with van der Waals surface area (Å²) >= 11 is 0. The van der Waals surface area contributed by atoms with Crippen LogP contribution in [0.4, 0.5) is 19.4 Å². The number of nitrogens with zero attached hydrogens (tertiary/aromatic N) is 4. The molecule has 2 aromatic heterocycles. The van der Waals surface area contributed by atoms with Gasteiger partial charge in [-0.05, 0) is 13.8 Å². The number of amides is 1. The summed E-state index contributed by atoms with van der Waals surface area (Å²) in [5.74, 6) is -0.172. The lowest BCUT2D eigenvalue weighted by molar-refractivity contribution is 0.0589. The molecule has 0 saturated heterocycles. The summed E-state index contributed by atoms with van der Waals surface area (Å²) < 4.78 is 31.1. The van der Waals surface area contributed by atoms with Crippen molar-refractivity contribution in [2.24, 2.45) is 0 Å². The quantitative estimate of drug-likeness (QED) is 0.938. The van der Waals surface area contributed by atoms with Crippen LogP contribution >= 0.6 is 0 Å². The Bertz CT molecular complexity index is 615. The molecule has 0 aliphatic rings. The van der Waals surface area contributed by atoms with Crippen LogP contribution in [-0.2, 0) is 4.74 Å². The van der Waals surface area contributed by atoms with Gasteiger partial charge in [-0.15, -0.1) is 0 Å². The molecule has 1 N–H and O–H groups in total. The third kappa shape index (κ3) is 3.71. The van der Waals surface area contributed by atoms with Gasteiger partial charge in [0.1, 0.15) is 12.1 Å². The fraction of sp³-hybridized carbons (Fsp3) is 0.333. The molecule has 7 nitrogen and oxygen atoms in total.